The van der Waals surface area contributed by atoms with Gasteiger partial charge in [0.15, 0.2) is 0 Å². The summed E-state index contributed by atoms with van der Waals surface area (Å²) in [6.07, 6.45) is 1.15. The summed E-state index contributed by atoms with van der Waals surface area (Å²) >= 11 is 1.48. The molecule has 1 atom stereocenters. The maximum Gasteiger partial charge on any atom is 0.243 e. The molecule has 1 heterocycles. The molecule has 7 nitrogen and oxygen atoms in total. The second kappa shape index (κ2) is 10.9. The van der Waals surface area contributed by atoms with Crippen LogP contribution >= 0.6 is 11.3 Å². The number of hydrogen-bond acceptors (Lipinski definition) is 5. The maximum atomic E-state index is 13.1. The highest BCUT2D eigenvalue weighted by Gasteiger charge is 2.32. The maximum absolute atomic E-state index is 13.1. The minimum atomic E-state index is -3.83. The topological polar surface area (TPSA) is 95.6 Å². The van der Waals surface area contributed by atoms with E-state index in [1.54, 1.807) is 18.2 Å². The molecule has 1 aromatic heterocycles. The van der Waals surface area contributed by atoms with Crippen LogP contribution in [0.3, 0.4) is 0 Å². The third-order valence-corrected chi connectivity index (χ3v) is 7.38. The molecule has 170 valence electrons. The lowest BCUT2D eigenvalue weighted by Gasteiger charge is -2.33. The number of hydrogen-bond donors (Lipinski definition) is 2. The van der Waals surface area contributed by atoms with E-state index in [4.69, 9.17) is 0 Å². The van der Waals surface area contributed by atoms with Crippen molar-refractivity contribution in [3.8, 4) is 0 Å². The van der Waals surface area contributed by atoms with Gasteiger partial charge in [-0.15, -0.1) is 11.3 Å². The van der Waals surface area contributed by atoms with Crippen LogP contribution in [0, 0.1) is 0 Å². The van der Waals surface area contributed by atoms with Gasteiger partial charge in [-0.05, 0) is 50.3 Å². The van der Waals surface area contributed by atoms with Crippen molar-refractivity contribution in [1.82, 2.24) is 14.9 Å². The molecule has 0 aliphatic carbocycles. The van der Waals surface area contributed by atoms with Crippen molar-refractivity contribution in [2.75, 3.05) is 6.54 Å². The van der Waals surface area contributed by atoms with Crippen LogP contribution in [0.1, 0.15) is 45.4 Å². The van der Waals surface area contributed by atoms with Crippen molar-refractivity contribution >= 4 is 33.2 Å². The Kier molecular flexibility index (Phi) is 8.79. The fraction of sp³-hybridized carbons (Fsp3) is 0.455. The van der Waals surface area contributed by atoms with E-state index in [1.165, 1.54) is 28.4 Å². The van der Waals surface area contributed by atoms with Crippen molar-refractivity contribution in [3.05, 3.63) is 52.7 Å². The van der Waals surface area contributed by atoms with Crippen LogP contribution in [-0.4, -0.2) is 43.3 Å². The Balaban J connectivity index is 2.21. The number of thiophene rings is 1. The van der Waals surface area contributed by atoms with Gasteiger partial charge in [0.1, 0.15) is 6.04 Å². The summed E-state index contributed by atoms with van der Waals surface area (Å²) in [4.78, 5) is 28.6. The van der Waals surface area contributed by atoms with Crippen molar-refractivity contribution in [1.29, 1.82) is 0 Å². The number of carbonyl (C=O) groups is 2. The summed E-state index contributed by atoms with van der Waals surface area (Å²) in [5, 5.41) is 4.90. The highest BCUT2D eigenvalue weighted by molar-refractivity contribution is 7.89. The average Bonchev–Trinajstić information content (AvgIpc) is 3.25. The molecule has 0 bridgehead atoms. The zero-order valence-corrected chi connectivity index (χ0v) is 20.1. The lowest BCUT2D eigenvalue weighted by Crippen LogP contribution is -2.55. The van der Waals surface area contributed by atoms with Crippen molar-refractivity contribution in [2.45, 2.75) is 63.6 Å². The molecule has 31 heavy (non-hydrogen) atoms. The van der Waals surface area contributed by atoms with Gasteiger partial charge in [-0.1, -0.05) is 38.1 Å². The second-order valence-corrected chi connectivity index (χ2v) is 10.7. The lowest BCUT2D eigenvalue weighted by atomic mass is 10.0. The van der Waals surface area contributed by atoms with Gasteiger partial charge in [0, 0.05) is 10.4 Å². The second-order valence-electron chi connectivity index (χ2n) is 7.89. The molecule has 0 spiro atoms. The van der Waals surface area contributed by atoms with Gasteiger partial charge in [-0.2, -0.15) is 0 Å². The van der Waals surface area contributed by atoms with Gasteiger partial charge < -0.3 is 10.2 Å². The lowest BCUT2D eigenvalue weighted by molar-refractivity contribution is -0.141. The molecule has 2 rings (SSSR count). The molecule has 0 saturated heterocycles. The first-order valence-corrected chi connectivity index (χ1v) is 12.6. The van der Waals surface area contributed by atoms with E-state index in [2.05, 4.69) is 10.0 Å². The zero-order valence-electron chi connectivity index (χ0n) is 18.4. The minimum absolute atomic E-state index is 0.0853. The van der Waals surface area contributed by atoms with E-state index in [0.717, 1.165) is 11.3 Å². The van der Waals surface area contributed by atoms with Crippen molar-refractivity contribution < 1.29 is 18.0 Å². The van der Waals surface area contributed by atoms with E-state index >= 15 is 0 Å². The predicted octanol–water partition coefficient (Wildman–Crippen LogP) is 3.14. The fourth-order valence-electron chi connectivity index (χ4n) is 2.94. The highest BCUT2D eigenvalue weighted by Crippen LogP contribution is 2.18. The van der Waals surface area contributed by atoms with E-state index in [9.17, 15) is 18.0 Å². The molecular formula is C22H31N3O4S2. The normalized spacial score (nSPS) is 12.9. The van der Waals surface area contributed by atoms with Gasteiger partial charge in [0.25, 0.3) is 0 Å². The smallest absolute Gasteiger partial charge is 0.243 e. The van der Waals surface area contributed by atoms with Crippen LogP contribution in [0.5, 0.6) is 0 Å². The molecule has 0 aliphatic rings. The largest absolute Gasteiger partial charge is 0.349 e. The summed E-state index contributed by atoms with van der Waals surface area (Å²) in [6, 6.07) is 10.9. The average molecular weight is 466 g/mol. The number of nitrogens with one attached hydrogen (secondary N) is 2. The Morgan fingerprint density at radius 2 is 1.77 bits per heavy atom. The molecule has 2 N–H and O–H groups in total. The number of benzene rings is 1. The van der Waals surface area contributed by atoms with Crippen LogP contribution < -0.4 is 10.0 Å². The quantitative estimate of drug-likeness (QED) is 0.533. The predicted molar refractivity (Wildman–Crippen MR) is 123 cm³/mol. The standard InChI is InChI=1S/C22H31N3O4S2/c1-5-19(21(27)24-22(3,4)6-2)25(16-17-11-10-14-30-17)20(26)15-23-31(28,29)18-12-8-7-9-13-18/h7-14,19,23H,5-6,15-16H2,1-4H3,(H,24,27)/t19-/m0/s1. The molecule has 0 unspecified atom stereocenters. The van der Waals surface area contributed by atoms with Gasteiger partial charge in [-0.3, -0.25) is 9.59 Å². The first kappa shape index (κ1) is 25.0. The molecular weight excluding hydrogens is 434 g/mol. The Hall–Kier alpha value is -2.23. The van der Waals surface area contributed by atoms with Crippen LogP contribution in [0.4, 0.5) is 0 Å². The van der Waals surface area contributed by atoms with E-state index in [1.807, 2.05) is 45.2 Å². The highest BCUT2D eigenvalue weighted by atomic mass is 32.2. The van der Waals surface area contributed by atoms with Crippen LogP contribution in [0.2, 0.25) is 0 Å². The van der Waals surface area contributed by atoms with Gasteiger partial charge in [0.2, 0.25) is 21.8 Å². The Morgan fingerprint density at radius 3 is 2.32 bits per heavy atom. The van der Waals surface area contributed by atoms with Gasteiger partial charge >= 0.3 is 0 Å². The SMILES string of the molecule is CC[C@@H](C(=O)NC(C)(C)CC)N(Cc1cccs1)C(=O)CNS(=O)(=O)c1ccccc1. The summed E-state index contributed by atoms with van der Waals surface area (Å²) in [5.41, 5.74) is -0.406. The molecule has 0 aliphatic heterocycles. The molecule has 0 radical (unpaired) electrons. The van der Waals surface area contributed by atoms with Crippen molar-refractivity contribution in [2.24, 2.45) is 0 Å². The van der Waals surface area contributed by atoms with Crippen LogP contribution in [0.15, 0.2) is 52.7 Å². The number of nitrogens with zero attached hydrogens (tertiary/aromatic N) is 1. The molecule has 0 saturated carbocycles. The Morgan fingerprint density at radius 1 is 1.10 bits per heavy atom. The first-order valence-electron chi connectivity index (χ1n) is 10.3. The Labute approximate surface area is 188 Å². The van der Waals surface area contributed by atoms with E-state index < -0.39 is 34.1 Å². The number of amides is 2. The fourth-order valence-corrected chi connectivity index (χ4v) is 4.63. The summed E-state index contributed by atoms with van der Waals surface area (Å²) in [7, 11) is -3.83. The number of rotatable bonds is 11. The monoisotopic (exact) mass is 465 g/mol. The summed E-state index contributed by atoms with van der Waals surface area (Å²) < 4.78 is 27.4. The van der Waals surface area contributed by atoms with Crippen LogP contribution in [0.25, 0.3) is 0 Å². The third kappa shape index (κ3) is 7.15. The first-order chi connectivity index (χ1) is 14.6. The molecule has 2 amide bonds. The summed E-state index contributed by atoms with van der Waals surface area (Å²) in [5.74, 6) is -0.700. The van der Waals surface area contributed by atoms with Crippen molar-refractivity contribution in [3.63, 3.8) is 0 Å². The molecule has 0 fully saturated rings. The number of sulfonamides is 1. The molecule has 1 aromatic carbocycles. The Bertz CT molecular complexity index is 958. The van der Waals surface area contributed by atoms with E-state index in [-0.39, 0.29) is 17.3 Å². The third-order valence-electron chi connectivity index (χ3n) is 5.10. The van der Waals surface area contributed by atoms with Gasteiger partial charge in [-0.25, -0.2) is 13.1 Å². The molecule has 9 heteroatoms. The zero-order chi connectivity index (χ0) is 23.1. The minimum Gasteiger partial charge on any atom is -0.349 e. The molecule has 2 aromatic rings. The van der Waals surface area contributed by atoms with E-state index in [0.29, 0.717) is 6.42 Å². The number of carbonyl (C=O) groups excluding carboxylic acids is 2. The van der Waals surface area contributed by atoms with Crippen LogP contribution in [-0.2, 0) is 26.2 Å². The summed E-state index contributed by atoms with van der Waals surface area (Å²) in [6.45, 7) is 7.49. The van der Waals surface area contributed by atoms with Gasteiger partial charge in [0.05, 0.1) is 18.0 Å².